The zero-order valence-electron chi connectivity index (χ0n) is 21.7. The number of β-amino-alcohol motifs (C(OH)–C–C–N with tert-alkyl or cyclic N) is 1. The van der Waals surface area contributed by atoms with Crippen LogP contribution in [-0.4, -0.2) is 73.5 Å². The number of aromatic nitrogens is 4. The number of likely N-dealkylation sites (N-methyl/N-ethyl adjacent to an activating group) is 1. The molecule has 1 fully saturated rings. The molecule has 0 unspecified atom stereocenters. The average molecular weight is 507 g/mol. The maximum absolute atomic E-state index is 11.4. The first-order valence-corrected chi connectivity index (χ1v) is 13.2. The fourth-order valence-electron chi connectivity index (χ4n) is 5.80. The smallest absolute Gasteiger partial charge is 0.137 e. The van der Waals surface area contributed by atoms with Crippen molar-refractivity contribution < 1.29 is 5.11 Å². The van der Waals surface area contributed by atoms with Gasteiger partial charge in [-0.15, -0.1) is 0 Å². The average Bonchev–Trinajstić information content (AvgIpc) is 3.58. The summed E-state index contributed by atoms with van der Waals surface area (Å²) in [6.45, 7) is 3.55. The van der Waals surface area contributed by atoms with Crippen molar-refractivity contribution in [1.82, 2.24) is 29.5 Å². The van der Waals surface area contributed by atoms with Crippen LogP contribution in [0.1, 0.15) is 28.3 Å². The Morgan fingerprint density at radius 3 is 2.37 bits per heavy atom. The summed E-state index contributed by atoms with van der Waals surface area (Å²) in [5, 5.41) is 16.8. The van der Waals surface area contributed by atoms with Crippen LogP contribution in [0.3, 0.4) is 0 Å². The number of aliphatic hydroxyl groups is 1. The Hall–Kier alpha value is -3.78. The summed E-state index contributed by atoms with van der Waals surface area (Å²) in [6.07, 6.45) is 6.34. The fraction of sp³-hybridized carbons (Fsp3) is 0.290. The monoisotopic (exact) mass is 506 g/mol. The number of benzene rings is 3. The van der Waals surface area contributed by atoms with E-state index in [9.17, 15) is 5.11 Å². The number of nitrogens with zero attached hydrogens (tertiary/aromatic N) is 5. The third-order valence-electron chi connectivity index (χ3n) is 7.56. The second-order valence-corrected chi connectivity index (χ2v) is 10.6. The summed E-state index contributed by atoms with van der Waals surface area (Å²) in [4.78, 5) is 12.1. The molecule has 0 saturated carbocycles. The zero-order valence-corrected chi connectivity index (χ0v) is 21.7. The molecule has 7 nitrogen and oxygen atoms in total. The van der Waals surface area contributed by atoms with Gasteiger partial charge < -0.3 is 15.0 Å². The molecule has 194 valence electrons. The van der Waals surface area contributed by atoms with E-state index < -0.39 is 5.60 Å². The molecule has 0 atom stereocenters. The summed E-state index contributed by atoms with van der Waals surface area (Å²) in [6, 6.07) is 27.9. The molecule has 1 aliphatic rings. The second-order valence-electron chi connectivity index (χ2n) is 10.6. The molecule has 5 aromatic rings. The predicted octanol–water partition coefficient (Wildman–Crippen LogP) is 4.12. The highest BCUT2D eigenvalue weighted by atomic mass is 16.3. The molecule has 1 aliphatic heterocycles. The lowest BCUT2D eigenvalue weighted by Crippen LogP contribution is -2.66. The van der Waals surface area contributed by atoms with E-state index in [4.69, 9.17) is 0 Å². The first-order chi connectivity index (χ1) is 18.6. The highest BCUT2D eigenvalue weighted by Crippen LogP contribution is 2.36. The number of nitrogens with one attached hydrogen (secondary N) is 1. The molecule has 0 amide bonds. The van der Waals surface area contributed by atoms with E-state index in [-0.39, 0.29) is 6.04 Å². The van der Waals surface area contributed by atoms with Crippen LogP contribution in [0.5, 0.6) is 0 Å². The van der Waals surface area contributed by atoms with Crippen LogP contribution in [0.4, 0.5) is 0 Å². The standard InChI is InChI=1S/C31H34N6O/c1-35(15-14-27-17-33-29-13-12-24(16-28(27)29)18-37-23-32-22-34-37)19-31(38)20-36(21-31)30(25-8-4-2-5-9-25)26-10-6-3-7-11-26/h2-13,16-17,22-23,30,33,38H,14-15,18-21H2,1H3. The van der Waals surface area contributed by atoms with E-state index in [2.05, 4.69) is 117 Å². The van der Waals surface area contributed by atoms with Gasteiger partial charge in [-0.3, -0.25) is 4.90 Å². The minimum Gasteiger partial charge on any atom is -0.386 e. The van der Waals surface area contributed by atoms with Crippen molar-refractivity contribution in [2.24, 2.45) is 0 Å². The van der Waals surface area contributed by atoms with Gasteiger partial charge in [0, 0.05) is 43.3 Å². The minimum absolute atomic E-state index is 0.154. The molecular formula is C31H34N6O. The van der Waals surface area contributed by atoms with Crippen molar-refractivity contribution in [1.29, 1.82) is 0 Å². The number of aromatic amines is 1. The second kappa shape index (κ2) is 10.5. The van der Waals surface area contributed by atoms with Crippen molar-refractivity contribution in [3.63, 3.8) is 0 Å². The largest absolute Gasteiger partial charge is 0.386 e. The van der Waals surface area contributed by atoms with Crippen LogP contribution < -0.4 is 0 Å². The molecule has 0 aliphatic carbocycles. The molecule has 2 aromatic heterocycles. The highest BCUT2D eigenvalue weighted by Gasteiger charge is 2.45. The van der Waals surface area contributed by atoms with Gasteiger partial charge in [0.05, 0.1) is 12.6 Å². The topological polar surface area (TPSA) is 73.2 Å². The molecule has 0 spiro atoms. The lowest BCUT2D eigenvalue weighted by molar-refractivity contribution is -0.122. The molecule has 3 aromatic carbocycles. The van der Waals surface area contributed by atoms with Gasteiger partial charge in [0.1, 0.15) is 18.3 Å². The number of hydrogen-bond donors (Lipinski definition) is 2. The number of hydrogen-bond acceptors (Lipinski definition) is 5. The van der Waals surface area contributed by atoms with Gasteiger partial charge in [0.25, 0.3) is 0 Å². The van der Waals surface area contributed by atoms with Crippen LogP contribution in [0.2, 0.25) is 0 Å². The van der Waals surface area contributed by atoms with E-state index in [1.807, 2.05) is 4.68 Å². The summed E-state index contributed by atoms with van der Waals surface area (Å²) in [5.74, 6) is 0. The van der Waals surface area contributed by atoms with Gasteiger partial charge in [-0.05, 0) is 47.9 Å². The lowest BCUT2D eigenvalue weighted by Gasteiger charge is -2.51. The summed E-state index contributed by atoms with van der Waals surface area (Å²) in [5.41, 5.74) is 5.46. The number of H-pyrrole nitrogens is 1. The molecule has 1 saturated heterocycles. The summed E-state index contributed by atoms with van der Waals surface area (Å²) >= 11 is 0. The van der Waals surface area contributed by atoms with E-state index in [1.165, 1.54) is 27.6 Å². The number of likely N-dealkylation sites (tertiary alicyclic amines) is 1. The van der Waals surface area contributed by atoms with Gasteiger partial charge in [-0.1, -0.05) is 66.7 Å². The third kappa shape index (κ3) is 5.27. The highest BCUT2D eigenvalue weighted by molar-refractivity contribution is 5.83. The van der Waals surface area contributed by atoms with Gasteiger partial charge in [0.15, 0.2) is 0 Å². The first kappa shape index (κ1) is 24.6. The number of fused-ring (bicyclic) bond motifs is 1. The quantitative estimate of drug-likeness (QED) is 0.298. The van der Waals surface area contributed by atoms with E-state index in [0.717, 1.165) is 18.5 Å². The van der Waals surface area contributed by atoms with Crippen LogP contribution in [0.15, 0.2) is 97.7 Å². The normalized spacial score (nSPS) is 15.4. The Kier molecular flexibility index (Phi) is 6.81. The van der Waals surface area contributed by atoms with Crippen molar-refractivity contribution in [2.45, 2.75) is 24.6 Å². The molecule has 0 bridgehead atoms. The van der Waals surface area contributed by atoms with Crippen molar-refractivity contribution in [3.05, 3.63) is 120 Å². The van der Waals surface area contributed by atoms with E-state index >= 15 is 0 Å². The van der Waals surface area contributed by atoms with E-state index in [1.54, 1.807) is 12.7 Å². The van der Waals surface area contributed by atoms with Gasteiger partial charge >= 0.3 is 0 Å². The third-order valence-corrected chi connectivity index (χ3v) is 7.56. The van der Waals surface area contributed by atoms with E-state index in [0.29, 0.717) is 26.2 Å². The van der Waals surface area contributed by atoms with Crippen molar-refractivity contribution in [2.75, 3.05) is 33.2 Å². The van der Waals surface area contributed by atoms with Crippen LogP contribution in [-0.2, 0) is 13.0 Å². The summed E-state index contributed by atoms with van der Waals surface area (Å²) in [7, 11) is 2.11. The number of rotatable bonds is 10. The van der Waals surface area contributed by atoms with Crippen LogP contribution >= 0.6 is 0 Å². The van der Waals surface area contributed by atoms with Crippen LogP contribution in [0, 0.1) is 0 Å². The van der Waals surface area contributed by atoms with Gasteiger partial charge in [-0.25, -0.2) is 9.67 Å². The minimum atomic E-state index is -0.707. The molecule has 2 N–H and O–H groups in total. The maximum Gasteiger partial charge on any atom is 0.137 e. The van der Waals surface area contributed by atoms with Gasteiger partial charge in [-0.2, -0.15) is 5.10 Å². The summed E-state index contributed by atoms with van der Waals surface area (Å²) < 4.78 is 1.84. The predicted molar refractivity (Wildman–Crippen MR) is 150 cm³/mol. The first-order valence-electron chi connectivity index (χ1n) is 13.2. The van der Waals surface area contributed by atoms with Crippen molar-refractivity contribution in [3.8, 4) is 0 Å². The molecule has 38 heavy (non-hydrogen) atoms. The maximum atomic E-state index is 11.4. The van der Waals surface area contributed by atoms with Crippen LogP contribution in [0.25, 0.3) is 10.9 Å². The van der Waals surface area contributed by atoms with Crippen molar-refractivity contribution >= 4 is 10.9 Å². The Morgan fingerprint density at radius 1 is 1.00 bits per heavy atom. The zero-order chi connectivity index (χ0) is 26.0. The Bertz CT molecular complexity index is 1420. The molecule has 7 heteroatoms. The Balaban J connectivity index is 1.08. The Morgan fingerprint density at radius 2 is 1.71 bits per heavy atom. The molecule has 0 radical (unpaired) electrons. The SMILES string of the molecule is CN(CCc1c[nH]c2ccc(Cn3cncn3)cc12)CC1(O)CN(C(c2ccccc2)c2ccccc2)C1. The molecule has 3 heterocycles. The fourth-order valence-corrected chi connectivity index (χ4v) is 5.80. The molecule has 6 rings (SSSR count). The molecular weight excluding hydrogens is 472 g/mol. The Labute approximate surface area is 223 Å². The lowest BCUT2D eigenvalue weighted by atomic mass is 9.87. The van der Waals surface area contributed by atoms with Gasteiger partial charge in [0.2, 0.25) is 0 Å².